The molecule has 0 radical (unpaired) electrons. The van der Waals surface area contributed by atoms with E-state index in [2.05, 4.69) is 26.0 Å². The molecule has 0 aromatic rings. The maximum atomic E-state index is 12.7. The highest BCUT2D eigenvalue weighted by molar-refractivity contribution is 7.47. The van der Waals surface area contributed by atoms with Crippen molar-refractivity contribution in [3.63, 3.8) is 0 Å². The summed E-state index contributed by atoms with van der Waals surface area (Å²) in [5.74, 6) is -0.867. The van der Waals surface area contributed by atoms with Gasteiger partial charge in [0.15, 0.2) is 6.10 Å². The molecule has 2 atom stereocenters. The Morgan fingerprint density at radius 1 is 0.554 bits per heavy atom. The summed E-state index contributed by atoms with van der Waals surface area (Å²) >= 11 is 0. The Labute approximate surface area is 345 Å². The van der Waals surface area contributed by atoms with E-state index in [1.54, 1.807) is 0 Å². The molecule has 0 spiro atoms. The normalized spacial score (nSPS) is 13.8. The second-order valence-electron chi connectivity index (χ2n) is 16.8. The Morgan fingerprint density at radius 3 is 1.48 bits per heavy atom. The largest absolute Gasteiger partial charge is 0.472 e. The fourth-order valence-electron chi connectivity index (χ4n) is 6.36. The maximum Gasteiger partial charge on any atom is 0.472 e. The zero-order valence-corrected chi connectivity index (χ0v) is 38.0. The molecule has 0 aromatic heterocycles. The van der Waals surface area contributed by atoms with E-state index >= 15 is 0 Å². The van der Waals surface area contributed by atoms with Crippen molar-refractivity contribution >= 4 is 19.8 Å². The third-order valence-corrected chi connectivity index (χ3v) is 11.0. The summed E-state index contributed by atoms with van der Waals surface area (Å²) in [6.07, 6.45) is 42.4. The van der Waals surface area contributed by atoms with Gasteiger partial charge in [0.2, 0.25) is 0 Å². The molecule has 0 aliphatic heterocycles. The zero-order chi connectivity index (χ0) is 41.4. The predicted molar refractivity (Wildman–Crippen MR) is 234 cm³/mol. The number of quaternary nitrogens is 1. The van der Waals surface area contributed by atoms with Gasteiger partial charge in [-0.15, -0.1) is 0 Å². The van der Waals surface area contributed by atoms with Crippen LogP contribution in [0.4, 0.5) is 0 Å². The van der Waals surface area contributed by atoms with Gasteiger partial charge in [-0.1, -0.05) is 186 Å². The molecule has 0 aromatic carbocycles. The second-order valence-corrected chi connectivity index (χ2v) is 18.2. The van der Waals surface area contributed by atoms with E-state index in [4.69, 9.17) is 18.5 Å². The minimum atomic E-state index is -4.38. The lowest BCUT2D eigenvalue weighted by atomic mass is 10.0. The minimum Gasteiger partial charge on any atom is -0.462 e. The van der Waals surface area contributed by atoms with Crippen LogP contribution in [0, 0.1) is 0 Å². The molecular weight excluding hydrogens is 725 g/mol. The second kappa shape index (κ2) is 39.0. The van der Waals surface area contributed by atoms with Crippen molar-refractivity contribution in [3.05, 3.63) is 24.3 Å². The number of unbranched alkanes of at least 4 members (excludes halogenated alkanes) is 24. The van der Waals surface area contributed by atoms with Crippen molar-refractivity contribution in [1.82, 2.24) is 0 Å². The molecule has 0 rings (SSSR count). The summed E-state index contributed by atoms with van der Waals surface area (Å²) in [7, 11) is 1.45. The molecule has 0 saturated heterocycles. The SMILES string of the molecule is CCCCCCCCCCCC/C=C\C/C=C\CCC(=O)OC(COC(=O)CCCCCCCCCCCCCCCCC)COP(=O)(O)OCC[N+](C)(C)C. The Kier molecular flexibility index (Phi) is 37.9. The molecule has 330 valence electrons. The molecule has 2 unspecified atom stereocenters. The summed E-state index contributed by atoms with van der Waals surface area (Å²) in [4.78, 5) is 35.3. The van der Waals surface area contributed by atoms with Crippen molar-refractivity contribution in [2.75, 3.05) is 47.5 Å². The van der Waals surface area contributed by atoms with E-state index in [9.17, 15) is 19.0 Å². The minimum absolute atomic E-state index is 0.0246. The van der Waals surface area contributed by atoms with Crippen molar-refractivity contribution in [2.45, 2.75) is 213 Å². The molecule has 1 N–H and O–H groups in total. The highest BCUT2D eigenvalue weighted by Crippen LogP contribution is 2.43. The molecule has 0 bridgehead atoms. The van der Waals surface area contributed by atoms with Crippen LogP contribution in [0.3, 0.4) is 0 Å². The van der Waals surface area contributed by atoms with E-state index in [0.29, 0.717) is 17.4 Å². The molecule has 0 aliphatic rings. The smallest absolute Gasteiger partial charge is 0.462 e. The van der Waals surface area contributed by atoms with Crippen LogP contribution in [0.2, 0.25) is 0 Å². The molecule has 0 heterocycles. The lowest BCUT2D eigenvalue weighted by Crippen LogP contribution is -2.37. The number of rotatable bonds is 42. The number of esters is 2. The Bertz CT molecular complexity index is 1010. The predicted octanol–water partition coefficient (Wildman–Crippen LogP) is 13.1. The summed E-state index contributed by atoms with van der Waals surface area (Å²) in [5.41, 5.74) is 0. The van der Waals surface area contributed by atoms with Crippen molar-refractivity contribution in [3.8, 4) is 0 Å². The number of allylic oxidation sites excluding steroid dienone is 4. The highest BCUT2D eigenvalue weighted by Gasteiger charge is 2.27. The van der Waals surface area contributed by atoms with E-state index in [-0.39, 0.29) is 32.0 Å². The number of ether oxygens (including phenoxy) is 2. The topological polar surface area (TPSA) is 108 Å². The highest BCUT2D eigenvalue weighted by atomic mass is 31.2. The van der Waals surface area contributed by atoms with Gasteiger partial charge in [0.25, 0.3) is 0 Å². The molecule has 0 amide bonds. The molecular formula is C46H89NO8P+. The van der Waals surface area contributed by atoms with Crippen LogP contribution in [-0.2, 0) is 32.7 Å². The molecule has 10 heteroatoms. The zero-order valence-electron chi connectivity index (χ0n) is 37.1. The molecule has 0 saturated carbocycles. The summed E-state index contributed by atoms with van der Waals surface area (Å²) in [6, 6.07) is 0. The monoisotopic (exact) mass is 815 g/mol. The van der Waals surface area contributed by atoms with Crippen LogP contribution in [0.25, 0.3) is 0 Å². The molecule has 0 fully saturated rings. The van der Waals surface area contributed by atoms with Crippen molar-refractivity contribution in [2.24, 2.45) is 0 Å². The fraction of sp³-hybridized carbons (Fsp3) is 0.870. The van der Waals surface area contributed by atoms with Gasteiger partial charge in [-0.25, -0.2) is 4.57 Å². The van der Waals surface area contributed by atoms with E-state index in [1.807, 2.05) is 33.3 Å². The van der Waals surface area contributed by atoms with Crippen LogP contribution in [0.5, 0.6) is 0 Å². The summed E-state index contributed by atoms with van der Waals surface area (Å²) in [6.45, 7) is 4.38. The van der Waals surface area contributed by atoms with Gasteiger partial charge < -0.3 is 18.9 Å². The Hall–Kier alpha value is -1.51. The number of likely N-dealkylation sites (N-methyl/N-ethyl adjacent to an activating group) is 1. The van der Waals surface area contributed by atoms with Crippen LogP contribution >= 0.6 is 7.82 Å². The molecule has 9 nitrogen and oxygen atoms in total. The van der Waals surface area contributed by atoms with Gasteiger partial charge in [-0.3, -0.25) is 18.6 Å². The average molecular weight is 815 g/mol. The lowest BCUT2D eigenvalue weighted by Gasteiger charge is -2.24. The third kappa shape index (κ3) is 42.1. The first-order chi connectivity index (χ1) is 27.0. The van der Waals surface area contributed by atoms with Gasteiger partial charge in [0.05, 0.1) is 27.7 Å². The quantitative estimate of drug-likeness (QED) is 0.0213. The average Bonchev–Trinajstić information content (AvgIpc) is 3.15. The molecule has 0 aliphatic carbocycles. The number of hydrogen-bond donors (Lipinski definition) is 1. The number of phosphoric ester groups is 1. The number of carbonyl (C=O) groups is 2. The summed E-state index contributed by atoms with van der Waals surface area (Å²) in [5, 5.41) is 0. The van der Waals surface area contributed by atoms with Gasteiger partial charge in [0, 0.05) is 12.8 Å². The van der Waals surface area contributed by atoms with Gasteiger partial charge in [-0.05, 0) is 32.1 Å². The Morgan fingerprint density at radius 2 is 1.00 bits per heavy atom. The standard InChI is InChI=1S/C46H88NO8P/c1-6-8-10-12-14-16-18-20-22-23-25-27-29-31-33-35-37-39-46(49)55-44(43-54-56(50,51)53-41-40-47(3,4)5)42-52-45(48)38-36-34-32-30-28-26-24-21-19-17-15-13-11-9-7-2/h27,29,33,35,44H,6-26,28,30-32,34,36-43H2,1-5H3/p+1/b29-27-,35-33-. The Balaban J connectivity index is 4.39. The first kappa shape index (κ1) is 54.5. The molecule has 56 heavy (non-hydrogen) atoms. The fourth-order valence-corrected chi connectivity index (χ4v) is 7.10. The number of carbonyl (C=O) groups excluding carboxylic acids is 2. The van der Waals surface area contributed by atoms with E-state index < -0.39 is 26.5 Å². The third-order valence-electron chi connectivity index (χ3n) is 10.00. The van der Waals surface area contributed by atoms with Crippen LogP contribution in [-0.4, -0.2) is 74.9 Å². The van der Waals surface area contributed by atoms with Gasteiger partial charge in [-0.2, -0.15) is 0 Å². The van der Waals surface area contributed by atoms with Gasteiger partial charge >= 0.3 is 19.8 Å². The van der Waals surface area contributed by atoms with Crippen molar-refractivity contribution in [1.29, 1.82) is 0 Å². The lowest BCUT2D eigenvalue weighted by molar-refractivity contribution is -0.870. The van der Waals surface area contributed by atoms with Gasteiger partial charge in [0.1, 0.15) is 19.8 Å². The van der Waals surface area contributed by atoms with E-state index in [0.717, 1.165) is 32.1 Å². The van der Waals surface area contributed by atoms with Crippen LogP contribution < -0.4 is 0 Å². The van der Waals surface area contributed by atoms with Crippen LogP contribution in [0.15, 0.2) is 24.3 Å². The number of hydrogen-bond acceptors (Lipinski definition) is 7. The maximum absolute atomic E-state index is 12.7. The number of phosphoric acid groups is 1. The number of nitrogens with zero attached hydrogens (tertiary/aromatic N) is 1. The summed E-state index contributed by atoms with van der Waals surface area (Å²) < 4.78 is 34.3. The van der Waals surface area contributed by atoms with Crippen molar-refractivity contribution < 1.29 is 42.1 Å². The first-order valence-corrected chi connectivity index (χ1v) is 24.6. The van der Waals surface area contributed by atoms with E-state index in [1.165, 1.54) is 141 Å². The first-order valence-electron chi connectivity index (χ1n) is 23.1. The van der Waals surface area contributed by atoms with Crippen LogP contribution in [0.1, 0.15) is 206 Å².